The lowest BCUT2D eigenvalue weighted by Crippen LogP contribution is -2.50. The summed E-state index contributed by atoms with van der Waals surface area (Å²) in [7, 11) is 0. The molecule has 114 valence electrons. The molecule has 0 saturated heterocycles. The van der Waals surface area contributed by atoms with Crippen LogP contribution in [-0.4, -0.2) is 40.5 Å². The molecule has 0 radical (unpaired) electrons. The molecule has 0 bridgehead atoms. The molecule has 1 atom stereocenters. The monoisotopic (exact) mass is 306 g/mol. The maximum Gasteiger partial charge on any atom is 0.328 e. The molecule has 21 heavy (non-hydrogen) atoms. The predicted molar refractivity (Wildman–Crippen MR) is 88.3 cm³/mol. The summed E-state index contributed by atoms with van der Waals surface area (Å²) in [5.41, 5.74) is 2.12. The van der Waals surface area contributed by atoms with E-state index in [1.165, 1.54) is 5.56 Å². The Bertz CT molecular complexity index is 555. The number of rotatable bonds is 5. The molecule has 1 aromatic carbocycles. The predicted octanol–water partition coefficient (Wildman–Crippen LogP) is 2.56. The van der Waals surface area contributed by atoms with Crippen LogP contribution in [0.4, 0.5) is 0 Å². The van der Waals surface area contributed by atoms with E-state index in [0.29, 0.717) is 12.3 Å². The minimum atomic E-state index is -0.862. The van der Waals surface area contributed by atoms with E-state index >= 15 is 0 Å². The Morgan fingerprint density at radius 1 is 1.48 bits per heavy atom. The first-order valence-electron chi connectivity index (χ1n) is 7.09. The second-order valence-electron chi connectivity index (χ2n) is 5.96. The van der Waals surface area contributed by atoms with Crippen molar-refractivity contribution in [1.82, 2.24) is 5.32 Å². The number of hydrogen-bond acceptors (Lipinski definition) is 3. The molecule has 2 rings (SSSR count). The van der Waals surface area contributed by atoms with Crippen molar-refractivity contribution in [1.29, 1.82) is 0 Å². The largest absolute Gasteiger partial charge is 0.480 e. The maximum atomic E-state index is 11.4. The third-order valence-corrected chi connectivity index (χ3v) is 4.17. The highest BCUT2D eigenvalue weighted by Crippen LogP contribution is 2.23. The normalized spacial score (nSPS) is 19.7. The van der Waals surface area contributed by atoms with Crippen molar-refractivity contribution in [2.24, 2.45) is 4.99 Å². The van der Waals surface area contributed by atoms with Crippen molar-refractivity contribution in [2.75, 3.05) is 12.0 Å². The summed E-state index contributed by atoms with van der Waals surface area (Å²) in [6, 6.07) is 7.38. The van der Waals surface area contributed by atoms with E-state index in [9.17, 15) is 9.90 Å². The number of aliphatic carboxylic acids is 1. The number of carboxylic acids is 1. The van der Waals surface area contributed by atoms with Crippen molar-refractivity contribution in [3.8, 4) is 0 Å². The number of benzene rings is 1. The van der Waals surface area contributed by atoms with Gasteiger partial charge in [-0.1, -0.05) is 24.3 Å². The molecular formula is C16H22N2O2S. The number of carboxylic acid groups (broad SMARTS) is 1. The first-order chi connectivity index (χ1) is 9.93. The van der Waals surface area contributed by atoms with Crippen molar-refractivity contribution in [3.63, 3.8) is 0 Å². The SMILES string of the molecule is CSCC[C@H](N=C1NC(C)(C)Cc2ccccc21)C(=O)O. The molecule has 2 N–H and O–H groups in total. The Hall–Kier alpha value is -1.49. The lowest BCUT2D eigenvalue weighted by atomic mass is 9.87. The van der Waals surface area contributed by atoms with Crippen molar-refractivity contribution < 1.29 is 9.90 Å². The average molecular weight is 306 g/mol. The highest BCUT2D eigenvalue weighted by molar-refractivity contribution is 7.98. The zero-order valence-electron chi connectivity index (χ0n) is 12.7. The molecular weight excluding hydrogens is 284 g/mol. The van der Waals surface area contributed by atoms with Gasteiger partial charge >= 0.3 is 5.97 Å². The van der Waals surface area contributed by atoms with E-state index in [-0.39, 0.29) is 5.54 Å². The number of hydrogen-bond donors (Lipinski definition) is 2. The first kappa shape index (κ1) is 15.9. The van der Waals surface area contributed by atoms with Crippen LogP contribution in [0.15, 0.2) is 29.3 Å². The number of nitrogens with zero attached hydrogens (tertiary/aromatic N) is 1. The van der Waals surface area contributed by atoms with Crippen LogP contribution in [0.5, 0.6) is 0 Å². The van der Waals surface area contributed by atoms with Crippen LogP contribution in [0.2, 0.25) is 0 Å². The molecule has 0 unspecified atom stereocenters. The van der Waals surface area contributed by atoms with E-state index in [4.69, 9.17) is 0 Å². The Morgan fingerprint density at radius 3 is 2.86 bits per heavy atom. The zero-order chi connectivity index (χ0) is 15.5. The van der Waals surface area contributed by atoms with E-state index < -0.39 is 12.0 Å². The van der Waals surface area contributed by atoms with Crippen LogP contribution in [0.25, 0.3) is 0 Å². The highest BCUT2D eigenvalue weighted by atomic mass is 32.2. The maximum absolute atomic E-state index is 11.4. The molecule has 5 heteroatoms. The molecule has 0 aliphatic carbocycles. The second-order valence-corrected chi connectivity index (χ2v) is 6.94. The Labute approximate surface area is 130 Å². The summed E-state index contributed by atoms with van der Waals surface area (Å²) in [6.07, 6.45) is 3.43. The van der Waals surface area contributed by atoms with Crippen LogP contribution in [0.3, 0.4) is 0 Å². The van der Waals surface area contributed by atoms with E-state index in [1.54, 1.807) is 11.8 Å². The van der Waals surface area contributed by atoms with Crippen molar-refractivity contribution in [3.05, 3.63) is 35.4 Å². The molecule has 0 saturated carbocycles. The van der Waals surface area contributed by atoms with Gasteiger partial charge in [0.2, 0.25) is 0 Å². The third-order valence-electron chi connectivity index (χ3n) is 3.53. The number of carbonyl (C=O) groups is 1. The van der Waals surface area contributed by atoms with Crippen LogP contribution in [-0.2, 0) is 11.2 Å². The average Bonchev–Trinajstić information content (AvgIpc) is 2.41. The molecule has 0 fully saturated rings. The molecule has 1 aliphatic heterocycles. The molecule has 4 nitrogen and oxygen atoms in total. The Morgan fingerprint density at radius 2 is 2.19 bits per heavy atom. The fourth-order valence-corrected chi connectivity index (χ4v) is 3.00. The van der Waals surface area contributed by atoms with Crippen molar-refractivity contribution >= 4 is 23.6 Å². The fraction of sp³-hybridized carbons (Fsp3) is 0.500. The zero-order valence-corrected chi connectivity index (χ0v) is 13.5. The molecule has 0 amide bonds. The standard InChI is InChI=1S/C16H22N2O2S/c1-16(2)10-11-6-4-5-7-12(11)14(18-16)17-13(15(19)20)8-9-21-3/h4-7,13H,8-10H2,1-3H3,(H,17,18)(H,19,20)/t13-/m0/s1. The van der Waals surface area contributed by atoms with Gasteiger partial charge in [0.1, 0.15) is 5.84 Å². The summed E-state index contributed by atoms with van der Waals surface area (Å²) >= 11 is 1.64. The minimum Gasteiger partial charge on any atom is -0.480 e. The summed E-state index contributed by atoms with van der Waals surface area (Å²) in [4.78, 5) is 15.9. The van der Waals surface area contributed by atoms with E-state index in [2.05, 4.69) is 30.2 Å². The summed E-state index contributed by atoms with van der Waals surface area (Å²) in [6.45, 7) is 4.21. The quantitative estimate of drug-likeness (QED) is 0.877. The smallest absolute Gasteiger partial charge is 0.328 e. The topological polar surface area (TPSA) is 61.7 Å². The van der Waals surface area contributed by atoms with E-state index in [1.807, 2.05) is 24.5 Å². The van der Waals surface area contributed by atoms with Crippen LogP contribution in [0.1, 0.15) is 31.4 Å². The number of thioether (sulfide) groups is 1. The van der Waals surface area contributed by atoms with E-state index in [0.717, 1.165) is 17.7 Å². The fourth-order valence-electron chi connectivity index (χ4n) is 2.54. The molecule has 1 heterocycles. The van der Waals surface area contributed by atoms with Gasteiger partial charge in [-0.15, -0.1) is 0 Å². The Kier molecular flexibility index (Phi) is 4.93. The summed E-state index contributed by atoms with van der Waals surface area (Å²) < 4.78 is 0. The molecule has 1 aromatic rings. The van der Waals surface area contributed by atoms with Gasteiger partial charge in [0.25, 0.3) is 0 Å². The van der Waals surface area contributed by atoms with Gasteiger partial charge in [0.05, 0.1) is 0 Å². The van der Waals surface area contributed by atoms with Gasteiger partial charge in [-0.2, -0.15) is 11.8 Å². The minimum absolute atomic E-state index is 0.115. The van der Waals surface area contributed by atoms with Gasteiger partial charge in [-0.25, -0.2) is 4.79 Å². The lowest BCUT2D eigenvalue weighted by molar-refractivity contribution is -0.138. The van der Waals surface area contributed by atoms with Crippen LogP contribution >= 0.6 is 11.8 Å². The number of amidine groups is 1. The van der Waals surface area contributed by atoms with Gasteiger partial charge in [0.15, 0.2) is 6.04 Å². The lowest BCUT2D eigenvalue weighted by Gasteiger charge is -2.35. The summed E-state index contributed by atoms with van der Waals surface area (Å²) in [5.74, 6) is 0.633. The van der Waals surface area contributed by atoms with Gasteiger partial charge < -0.3 is 10.4 Å². The van der Waals surface area contributed by atoms with Gasteiger partial charge in [-0.3, -0.25) is 4.99 Å². The third kappa shape index (κ3) is 4.00. The number of nitrogens with one attached hydrogen (secondary N) is 1. The van der Waals surface area contributed by atoms with Crippen molar-refractivity contribution in [2.45, 2.75) is 38.3 Å². The second kappa shape index (κ2) is 6.52. The summed E-state index contributed by atoms with van der Waals surface area (Å²) in [5, 5.41) is 12.8. The number of fused-ring (bicyclic) bond motifs is 1. The van der Waals surface area contributed by atoms with Gasteiger partial charge in [0, 0.05) is 11.1 Å². The van der Waals surface area contributed by atoms with Gasteiger partial charge in [-0.05, 0) is 44.3 Å². The van der Waals surface area contributed by atoms with Crippen LogP contribution < -0.4 is 5.32 Å². The first-order valence-corrected chi connectivity index (χ1v) is 8.48. The highest BCUT2D eigenvalue weighted by Gasteiger charge is 2.29. The van der Waals surface area contributed by atoms with Crippen LogP contribution in [0, 0.1) is 0 Å². The molecule has 0 spiro atoms. The molecule has 1 aliphatic rings. The Balaban J connectivity index is 2.36. The number of aliphatic imine (C=N–C) groups is 1. The molecule has 0 aromatic heterocycles.